The number of hydrogen-bond donors (Lipinski definition) is 1. The smallest absolute Gasteiger partial charge is 0.0794 e. The number of hydrogen-bond acceptors (Lipinski definition) is 4. The van der Waals surface area contributed by atoms with Crippen LogP contribution in [0.3, 0.4) is 0 Å². The number of nitrogens with zero attached hydrogens (tertiary/aromatic N) is 3. The van der Waals surface area contributed by atoms with Crippen molar-refractivity contribution >= 4 is 11.6 Å². The van der Waals surface area contributed by atoms with Gasteiger partial charge in [-0.3, -0.25) is 14.9 Å². The van der Waals surface area contributed by atoms with Crippen molar-refractivity contribution in [1.29, 1.82) is 0 Å². The minimum absolute atomic E-state index is 0.236. The number of nitrogens with one attached hydrogen (secondary N) is 1. The Bertz CT molecular complexity index is 993. The second-order valence-electron chi connectivity index (χ2n) is 8.07. The fourth-order valence-corrected chi connectivity index (χ4v) is 4.27. The average molecular weight is 421 g/mol. The number of aromatic nitrogens is 2. The molecule has 1 aliphatic heterocycles. The van der Waals surface area contributed by atoms with Gasteiger partial charge in [0.25, 0.3) is 0 Å². The van der Waals surface area contributed by atoms with E-state index in [9.17, 15) is 0 Å². The molecule has 4 nitrogen and oxygen atoms in total. The lowest BCUT2D eigenvalue weighted by Crippen LogP contribution is -2.46. The zero-order valence-electron chi connectivity index (χ0n) is 18.0. The Kier molecular flexibility index (Phi) is 6.47. The zero-order valence-corrected chi connectivity index (χ0v) is 18.7. The molecule has 0 bridgehead atoms. The highest BCUT2D eigenvalue weighted by Gasteiger charge is 2.26. The fourth-order valence-electron chi connectivity index (χ4n) is 4.14. The summed E-state index contributed by atoms with van der Waals surface area (Å²) in [5, 5.41) is 4.23. The summed E-state index contributed by atoms with van der Waals surface area (Å²) in [6, 6.07) is 17.1. The molecule has 0 radical (unpaired) electrons. The molecule has 0 spiro atoms. The number of benzene rings is 2. The van der Waals surface area contributed by atoms with E-state index in [2.05, 4.69) is 60.5 Å². The highest BCUT2D eigenvalue weighted by Crippen LogP contribution is 2.28. The van der Waals surface area contributed by atoms with E-state index in [1.165, 1.54) is 16.7 Å². The summed E-state index contributed by atoms with van der Waals surface area (Å²) >= 11 is 6.03. The van der Waals surface area contributed by atoms with E-state index in [1.807, 2.05) is 19.1 Å². The van der Waals surface area contributed by atoms with E-state index >= 15 is 0 Å². The van der Waals surface area contributed by atoms with Crippen LogP contribution in [0.1, 0.15) is 34.4 Å². The number of aryl methyl sites for hydroxylation is 3. The highest BCUT2D eigenvalue weighted by molar-refractivity contribution is 6.30. The Labute approximate surface area is 184 Å². The van der Waals surface area contributed by atoms with Crippen LogP contribution in [0.4, 0.5) is 0 Å². The molecule has 5 heteroatoms. The molecule has 2 heterocycles. The van der Waals surface area contributed by atoms with Crippen LogP contribution in [0.15, 0.2) is 48.5 Å². The number of rotatable bonds is 5. The second-order valence-corrected chi connectivity index (χ2v) is 8.51. The van der Waals surface area contributed by atoms with Gasteiger partial charge >= 0.3 is 0 Å². The van der Waals surface area contributed by atoms with Crippen molar-refractivity contribution in [3.8, 4) is 11.1 Å². The molecule has 3 aromatic rings. The summed E-state index contributed by atoms with van der Waals surface area (Å²) in [5.74, 6) is 0. The van der Waals surface area contributed by atoms with Gasteiger partial charge in [0.15, 0.2) is 0 Å². The molecule has 30 heavy (non-hydrogen) atoms. The van der Waals surface area contributed by atoms with Crippen molar-refractivity contribution in [3.05, 3.63) is 81.9 Å². The Balaban J connectivity index is 1.62. The van der Waals surface area contributed by atoms with E-state index in [0.717, 1.165) is 60.4 Å². The van der Waals surface area contributed by atoms with E-state index < -0.39 is 0 Å². The van der Waals surface area contributed by atoms with Crippen molar-refractivity contribution in [1.82, 2.24) is 20.2 Å². The molecular weight excluding hydrogens is 392 g/mol. The lowest BCUT2D eigenvalue weighted by molar-refractivity contribution is 0.168. The Morgan fingerprint density at radius 1 is 0.833 bits per heavy atom. The van der Waals surface area contributed by atoms with Gasteiger partial charge in [-0.15, -0.1) is 0 Å². The van der Waals surface area contributed by atoms with Gasteiger partial charge in [-0.25, -0.2) is 0 Å². The van der Waals surface area contributed by atoms with Crippen LogP contribution in [-0.2, 0) is 6.42 Å². The molecule has 1 saturated heterocycles. The van der Waals surface area contributed by atoms with Crippen LogP contribution in [0.25, 0.3) is 11.1 Å². The van der Waals surface area contributed by atoms with Crippen molar-refractivity contribution in [2.45, 2.75) is 33.2 Å². The first kappa shape index (κ1) is 21.0. The predicted molar refractivity (Wildman–Crippen MR) is 124 cm³/mol. The summed E-state index contributed by atoms with van der Waals surface area (Å²) in [4.78, 5) is 12.3. The summed E-state index contributed by atoms with van der Waals surface area (Å²) in [7, 11) is 0. The van der Waals surface area contributed by atoms with E-state index in [0.29, 0.717) is 0 Å². The third kappa shape index (κ3) is 4.72. The van der Waals surface area contributed by atoms with E-state index in [1.54, 1.807) is 0 Å². The third-order valence-electron chi connectivity index (χ3n) is 5.99. The number of piperazine rings is 1. The largest absolute Gasteiger partial charge is 0.314 e. The maximum Gasteiger partial charge on any atom is 0.0794 e. The summed E-state index contributed by atoms with van der Waals surface area (Å²) in [6.07, 6.45) is 0.929. The molecule has 0 saturated carbocycles. The van der Waals surface area contributed by atoms with Crippen LogP contribution in [0.5, 0.6) is 0 Å². The topological polar surface area (TPSA) is 41.1 Å². The molecule has 1 aliphatic rings. The molecule has 1 N–H and O–H groups in total. The summed E-state index contributed by atoms with van der Waals surface area (Å²) < 4.78 is 0. The monoisotopic (exact) mass is 420 g/mol. The average Bonchev–Trinajstić information content (AvgIpc) is 2.76. The van der Waals surface area contributed by atoms with Gasteiger partial charge in [-0.05, 0) is 56.0 Å². The molecular formula is C25H29ClN4. The van der Waals surface area contributed by atoms with Gasteiger partial charge < -0.3 is 5.32 Å². The van der Waals surface area contributed by atoms with Gasteiger partial charge in [0.05, 0.1) is 28.8 Å². The quantitative estimate of drug-likeness (QED) is 0.636. The van der Waals surface area contributed by atoms with Crippen LogP contribution in [0.2, 0.25) is 5.02 Å². The maximum absolute atomic E-state index is 6.03. The van der Waals surface area contributed by atoms with Crippen LogP contribution >= 0.6 is 11.6 Å². The van der Waals surface area contributed by atoms with Crippen LogP contribution < -0.4 is 5.32 Å². The molecule has 1 fully saturated rings. The maximum atomic E-state index is 6.03. The fraction of sp³-hybridized carbons (Fsp3) is 0.360. The summed E-state index contributed by atoms with van der Waals surface area (Å²) in [6.45, 7) is 10.3. The second kappa shape index (κ2) is 9.25. The molecule has 156 valence electrons. The minimum Gasteiger partial charge on any atom is -0.314 e. The van der Waals surface area contributed by atoms with Gasteiger partial charge in [0, 0.05) is 31.2 Å². The van der Waals surface area contributed by atoms with E-state index in [-0.39, 0.29) is 6.04 Å². The SMILES string of the molecule is Cc1nc(C)c(C(Cc2ccc(-c3ccc(Cl)cc3)cc2)N2CCNCC2)nc1C. The van der Waals surface area contributed by atoms with Crippen molar-refractivity contribution in [3.63, 3.8) is 0 Å². The molecule has 4 rings (SSSR count). The highest BCUT2D eigenvalue weighted by atomic mass is 35.5. The third-order valence-corrected chi connectivity index (χ3v) is 6.24. The van der Waals surface area contributed by atoms with Crippen LogP contribution in [0, 0.1) is 20.8 Å². The van der Waals surface area contributed by atoms with Gasteiger partial charge in [-0.2, -0.15) is 0 Å². The minimum atomic E-state index is 0.236. The molecule has 1 aromatic heterocycles. The van der Waals surface area contributed by atoms with Gasteiger partial charge in [0.2, 0.25) is 0 Å². The Hall–Kier alpha value is -2.27. The Morgan fingerprint density at radius 2 is 1.40 bits per heavy atom. The van der Waals surface area contributed by atoms with Crippen molar-refractivity contribution < 1.29 is 0 Å². The van der Waals surface area contributed by atoms with Crippen molar-refractivity contribution in [2.24, 2.45) is 0 Å². The first-order valence-corrected chi connectivity index (χ1v) is 11.0. The summed E-state index contributed by atoms with van der Waals surface area (Å²) in [5.41, 5.74) is 7.89. The first-order valence-electron chi connectivity index (χ1n) is 10.6. The van der Waals surface area contributed by atoms with Crippen LogP contribution in [-0.4, -0.2) is 41.0 Å². The van der Waals surface area contributed by atoms with Gasteiger partial charge in [-0.1, -0.05) is 48.0 Å². The standard InChI is InChI=1S/C25H29ClN4/c1-17-18(2)29-25(19(3)28-17)24(30-14-12-27-13-15-30)16-20-4-6-21(7-5-20)22-8-10-23(26)11-9-22/h4-11,24,27H,12-16H2,1-3H3. The molecule has 1 atom stereocenters. The van der Waals surface area contributed by atoms with Gasteiger partial charge in [0.1, 0.15) is 0 Å². The van der Waals surface area contributed by atoms with E-state index in [4.69, 9.17) is 21.6 Å². The zero-order chi connectivity index (χ0) is 21.1. The van der Waals surface area contributed by atoms with Crippen molar-refractivity contribution in [2.75, 3.05) is 26.2 Å². The molecule has 2 aromatic carbocycles. The number of halogens is 1. The lowest BCUT2D eigenvalue weighted by Gasteiger charge is -2.35. The Morgan fingerprint density at radius 3 is 2.03 bits per heavy atom. The normalized spacial score (nSPS) is 15.9. The molecule has 0 aliphatic carbocycles. The molecule has 0 amide bonds. The lowest BCUT2D eigenvalue weighted by atomic mass is 9.97. The molecule has 1 unspecified atom stereocenters. The predicted octanol–water partition coefficient (Wildman–Crippen LogP) is 4.91. The first-order chi connectivity index (χ1) is 14.5.